The lowest BCUT2D eigenvalue weighted by atomic mass is 9.86. The minimum Gasteiger partial charge on any atom is -0.456 e. The van der Waals surface area contributed by atoms with Crippen LogP contribution in [0.5, 0.6) is 0 Å². The Morgan fingerprint density at radius 2 is 1.14 bits per heavy atom. The number of fused-ring (bicyclic) bond motifs is 6. The molecule has 8 aromatic rings. The van der Waals surface area contributed by atoms with E-state index in [0.717, 1.165) is 77.3 Å². The maximum Gasteiger partial charge on any atom is 0.136 e. The van der Waals surface area contributed by atoms with Crippen LogP contribution in [0, 0.1) is 22.7 Å². The third-order valence-corrected chi connectivity index (χ3v) is 7.95. The summed E-state index contributed by atoms with van der Waals surface area (Å²) in [5.74, 6) is 0. The maximum atomic E-state index is 9.74. The van der Waals surface area contributed by atoms with Crippen molar-refractivity contribution in [1.29, 1.82) is 10.5 Å². The summed E-state index contributed by atoms with van der Waals surface area (Å²) in [5.41, 5.74) is 10.5. The van der Waals surface area contributed by atoms with E-state index < -0.39 is 0 Å². The molecule has 0 fully saturated rings. The molecule has 4 heteroatoms. The monoisotopic (exact) mass is 536 g/mol. The molecule has 0 aliphatic heterocycles. The first kappa shape index (κ1) is 23.8. The average Bonchev–Trinajstić information content (AvgIpc) is 3.61. The van der Waals surface area contributed by atoms with E-state index in [9.17, 15) is 10.5 Å². The first-order chi connectivity index (χ1) is 20.7. The molecule has 2 aromatic heterocycles. The molecule has 0 atom stereocenters. The molecule has 42 heavy (non-hydrogen) atoms. The van der Waals surface area contributed by atoms with Crippen LogP contribution in [-0.2, 0) is 0 Å². The van der Waals surface area contributed by atoms with E-state index in [2.05, 4.69) is 66.7 Å². The quantitative estimate of drug-likeness (QED) is 0.225. The van der Waals surface area contributed by atoms with Crippen LogP contribution in [0.25, 0.3) is 77.3 Å². The van der Waals surface area contributed by atoms with Gasteiger partial charge in [-0.1, -0.05) is 66.7 Å². The zero-order chi connectivity index (χ0) is 28.2. The van der Waals surface area contributed by atoms with Gasteiger partial charge in [0.2, 0.25) is 0 Å². The molecule has 0 bridgehead atoms. The van der Waals surface area contributed by atoms with Crippen molar-refractivity contribution < 1.29 is 8.83 Å². The topological polar surface area (TPSA) is 73.9 Å². The van der Waals surface area contributed by atoms with Crippen molar-refractivity contribution in [2.24, 2.45) is 0 Å². The Morgan fingerprint density at radius 1 is 0.429 bits per heavy atom. The summed E-state index contributed by atoms with van der Waals surface area (Å²) in [7, 11) is 0. The second kappa shape index (κ2) is 9.24. The van der Waals surface area contributed by atoms with Gasteiger partial charge in [-0.15, -0.1) is 0 Å². The van der Waals surface area contributed by atoms with Crippen LogP contribution in [0.4, 0.5) is 0 Å². The minimum atomic E-state index is 0.598. The zero-order valence-corrected chi connectivity index (χ0v) is 22.3. The number of rotatable bonds is 3. The van der Waals surface area contributed by atoms with Gasteiger partial charge in [-0.05, 0) is 88.0 Å². The molecule has 0 radical (unpaired) electrons. The lowest BCUT2D eigenvalue weighted by molar-refractivity contribution is 0.668. The fourth-order valence-electron chi connectivity index (χ4n) is 6.09. The van der Waals surface area contributed by atoms with Gasteiger partial charge in [-0.25, -0.2) is 0 Å². The molecular weight excluding hydrogens is 516 g/mol. The van der Waals surface area contributed by atoms with E-state index in [1.165, 1.54) is 0 Å². The summed E-state index contributed by atoms with van der Waals surface area (Å²) in [4.78, 5) is 0. The molecule has 4 nitrogen and oxygen atoms in total. The number of hydrogen-bond donors (Lipinski definition) is 0. The van der Waals surface area contributed by atoms with Gasteiger partial charge in [0, 0.05) is 21.5 Å². The SMILES string of the molecule is N#Cc1cccc(-c2c(-c3ccc4c(c3)oc3ccc(C#N)cc34)cccc2-c2cccc3oc4ccccc4c23)c1. The molecule has 0 unspecified atom stereocenters. The summed E-state index contributed by atoms with van der Waals surface area (Å²) >= 11 is 0. The highest BCUT2D eigenvalue weighted by atomic mass is 16.3. The maximum absolute atomic E-state index is 9.74. The number of furan rings is 2. The number of benzene rings is 6. The van der Waals surface area contributed by atoms with Crippen LogP contribution in [0.15, 0.2) is 130 Å². The fraction of sp³-hybridized carbons (Fsp3) is 0. The minimum absolute atomic E-state index is 0.598. The van der Waals surface area contributed by atoms with Crippen molar-refractivity contribution >= 4 is 43.9 Å². The first-order valence-electron chi connectivity index (χ1n) is 13.6. The molecule has 0 spiro atoms. The summed E-state index contributed by atoms with van der Waals surface area (Å²) in [5, 5.41) is 23.1. The van der Waals surface area contributed by atoms with Crippen molar-refractivity contribution in [1.82, 2.24) is 0 Å². The van der Waals surface area contributed by atoms with Gasteiger partial charge in [-0.3, -0.25) is 0 Å². The van der Waals surface area contributed by atoms with Gasteiger partial charge in [0.15, 0.2) is 0 Å². The third kappa shape index (κ3) is 3.60. The van der Waals surface area contributed by atoms with Crippen LogP contribution >= 0.6 is 0 Å². The Hall–Kier alpha value is -6.10. The Balaban J connectivity index is 1.43. The highest BCUT2D eigenvalue weighted by Crippen LogP contribution is 2.45. The van der Waals surface area contributed by atoms with Crippen molar-refractivity contribution in [2.75, 3.05) is 0 Å². The van der Waals surface area contributed by atoms with E-state index in [1.807, 2.05) is 60.7 Å². The fourth-order valence-corrected chi connectivity index (χ4v) is 6.09. The molecule has 0 aliphatic rings. The molecule has 0 saturated heterocycles. The van der Waals surface area contributed by atoms with Gasteiger partial charge in [-0.2, -0.15) is 10.5 Å². The lowest BCUT2D eigenvalue weighted by Gasteiger charge is -2.17. The van der Waals surface area contributed by atoms with Gasteiger partial charge in [0.25, 0.3) is 0 Å². The van der Waals surface area contributed by atoms with Crippen LogP contribution in [0.2, 0.25) is 0 Å². The standard InChI is InChI=1S/C38H20N2O2/c39-21-23-6-3-7-26(18-23)37-27(25-15-16-28-32-19-24(22-40)14-17-34(32)42-36(28)20-25)9-4-10-29(37)30-11-5-13-35-38(30)31-8-1-2-12-33(31)41-35/h1-20H. The van der Waals surface area contributed by atoms with Crippen LogP contribution < -0.4 is 0 Å². The molecule has 0 amide bonds. The number of nitrogens with zero attached hydrogens (tertiary/aromatic N) is 2. The summed E-state index contributed by atoms with van der Waals surface area (Å²) in [6.45, 7) is 0. The Kier molecular flexibility index (Phi) is 5.22. The molecule has 8 rings (SSSR count). The smallest absolute Gasteiger partial charge is 0.136 e. The highest BCUT2D eigenvalue weighted by Gasteiger charge is 2.19. The lowest BCUT2D eigenvalue weighted by Crippen LogP contribution is -1.92. The van der Waals surface area contributed by atoms with Gasteiger partial charge < -0.3 is 8.83 Å². The molecular formula is C38H20N2O2. The number of hydrogen-bond acceptors (Lipinski definition) is 4. The highest BCUT2D eigenvalue weighted by molar-refractivity contribution is 6.14. The van der Waals surface area contributed by atoms with Gasteiger partial charge in [0.1, 0.15) is 22.3 Å². The normalized spacial score (nSPS) is 11.3. The zero-order valence-electron chi connectivity index (χ0n) is 22.3. The first-order valence-corrected chi connectivity index (χ1v) is 13.6. The van der Waals surface area contributed by atoms with E-state index >= 15 is 0 Å². The van der Waals surface area contributed by atoms with Crippen LogP contribution in [0.1, 0.15) is 11.1 Å². The molecule has 0 aliphatic carbocycles. The van der Waals surface area contributed by atoms with E-state index in [-0.39, 0.29) is 0 Å². The van der Waals surface area contributed by atoms with Gasteiger partial charge in [0.05, 0.1) is 23.3 Å². The van der Waals surface area contributed by atoms with Crippen molar-refractivity contribution in [3.63, 3.8) is 0 Å². The van der Waals surface area contributed by atoms with Gasteiger partial charge >= 0.3 is 0 Å². The summed E-state index contributed by atoms with van der Waals surface area (Å²) in [6, 6.07) is 44.6. The number of nitriles is 2. The molecule has 194 valence electrons. The molecule has 6 aromatic carbocycles. The summed E-state index contributed by atoms with van der Waals surface area (Å²) in [6.07, 6.45) is 0. The second-order valence-corrected chi connectivity index (χ2v) is 10.3. The molecule has 0 saturated carbocycles. The predicted molar refractivity (Wildman–Crippen MR) is 167 cm³/mol. The Labute approximate surface area is 240 Å². The molecule has 2 heterocycles. The van der Waals surface area contributed by atoms with Crippen molar-refractivity contribution in [2.45, 2.75) is 0 Å². The van der Waals surface area contributed by atoms with Crippen molar-refractivity contribution in [3.8, 4) is 45.5 Å². The van der Waals surface area contributed by atoms with Crippen LogP contribution in [-0.4, -0.2) is 0 Å². The Bertz CT molecular complexity index is 2450. The second-order valence-electron chi connectivity index (χ2n) is 10.3. The van der Waals surface area contributed by atoms with Crippen molar-refractivity contribution in [3.05, 3.63) is 132 Å². The van der Waals surface area contributed by atoms with Crippen LogP contribution in [0.3, 0.4) is 0 Å². The molecule has 0 N–H and O–H groups in total. The summed E-state index contributed by atoms with van der Waals surface area (Å²) < 4.78 is 12.5. The number of para-hydroxylation sites is 1. The predicted octanol–water partition coefficient (Wildman–Crippen LogP) is 10.2. The van der Waals surface area contributed by atoms with E-state index in [1.54, 1.807) is 6.07 Å². The largest absolute Gasteiger partial charge is 0.456 e. The average molecular weight is 537 g/mol. The van der Waals surface area contributed by atoms with E-state index in [0.29, 0.717) is 11.1 Å². The Morgan fingerprint density at radius 3 is 2.05 bits per heavy atom. The third-order valence-electron chi connectivity index (χ3n) is 7.95. The van der Waals surface area contributed by atoms with E-state index in [4.69, 9.17) is 8.83 Å².